The second kappa shape index (κ2) is 6.07. The molecule has 0 atom stereocenters. The second-order valence-electron chi connectivity index (χ2n) is 4.57. The Morgan fingerprint density at radius 3 is 3.00 bits per heavy atom. The standard InChI is InChI=1S/C15H16N4OS/c1-20-11-2-3-12-13(9-11)21-15(18-12)19-14-8-10(4-6-16)5-7-17-14/h2-3,5,7-9H,4,6,16H2,1H3,(H,17,18,19). The molecule has 3 aromatic rings. The molecule has 1 aromatic carbocycles. The molecule has 2 aromatic heterocycles. The van der Waals surface area contributed by atoms with Crippen molar-refractivity contribution >= 4 is 32.5 Å². The number of hydrogen-bond acceptors (Lipinski definition) is 6. The minimum Gasteiger partial charge on any atom is -0.497 e. The van der Waals surface area contributed by atoms with Crippen LogP contribution in [0.1, 0.15) is 5.56 Å². The minimum absolute atomic E-state index is 0.629. The maximum Gasteiger partial charge on any atom is 0.189 e. The molecule has 0 saturated carbocycles. The SMILES string of the molecule is COc1ccc2nc(Nc3cc(CCN)ccn3)sc2c1. The largest absolute Gasteiger partial charge is 0.497 e. The van der Waals surface area contributed by atoms with E-state index in [1.165, 1.54) is 0 Å². The van der Waals surface area contributed by atoms with E-state index in [2.05, 4.69) is 15.3 Å². The Bertz CT molecular complexity index is 756. The van der Waals surface area contributed by atoms with Crippen molar-refractivity contribution in [3.8, 4) is 5.75 Å². The van der Waals surface area contributed by atoms with Crippen molar-refractivity contribution < 1.29 is 4.74 Å². The lowest BCUT2D eigenvalue weighted by Crippen LogP contribution is -2.03. The summed E-state index contributed by atoms with van der Waals surface area (Å²) in [5.74, 6) is 1.62. The van der Waals surface area contributed by atoms with Gasteiger partial charge in [0.1, 0.15) is 11.6 Å². The van der Waals surface area contributed by atoms with Crippen molar-refractivity contribution in [3.05, 3.63) is 42.1 Å². The number of pyridine rings is 1. The highest BCUT2D eigenvalue weighted by molar-refractivity contribution is 7.22. The summed E-state index contributed by atoms with van der Waals surface area (Å²) in [6.45, 7) is 0.629. The van der Waals surface area contributed by atoms with Crippen molar-refractivity contribution in [2.75, 3.05) is 19.0 Å². The number of nitrogens with zero attached hydrogens (tertiary/aromatic N) is 2. The first-order valence-electron chi connectivity index (χ1n) is 6.65. The fraction of sp³-hybridized carbons (Fsp3) is 0.200. The van der Waals surface area contributed by atoms with Gasteiger partial charge in [0.2, 0.25) is 0 Å². The summed E-state index contributed by atoms with van der Waals surface area (Å²) in [7, 11) is 1.66. The van der Waals surface area contributed by atoms with Gasteiger partial charge in [-0.1, -0.05) is 11.3 Å². The summed E-state index contributed by atoms with van der Waals surface area (Å²) >= 11 is 1.57. The molecule has 0 bridgehead atoms. The normalized spacial score (nSPS) is 10.8. The molecule has 108 valence electrons. The third-order valence-electron chi connectivity index (χ3n) is 3.09. The topological polar surface area (TPSA) is 73.1 Å². The maximum absolute atomic E-state index is 5.58. The monoisotopic (exact) mass is 300 g/mol. The van der Waals surface area contributed by atoms with Crippen molar-refractivity contribution in [1.29, 1.82) is 0 Å². The predicted octanol–water partition coefficient (Wildman–Crippen LogP) is 2.94. The molecule has 0 amide bonds. The molecule has 0 fully saturated rings. The van der Waals surface area contributed by atoms with E-state index in [0.717, 1.165) is 38.9 Å². The summed E-state index contributed by atoms with van der Waals surface area (Å²) < 4.78 is 6.31. The van der Waals surface area contributed by atoms with Gasteiger partial charge in [0.05, 0.1) is 17.3 Å². The number of aromatic nitrogens is 2. The number of nitrogens with one attached hydrogen (secondary N) is 1. The van der Waals surface area contributed by atoms with E-state index in [1.807, 2.05) is 30.3 Å². The molecule has 0 aliphatic rings. The molecular formula is C15H16N4OS. The fourth-order valence-electron chi connectivity index (χ4n) is 2.06. The van der Waals surface area contributed by atoms with Crippen LogP contribution in [0.4, 0.5) is 10.9 Å². The molecular weight excluding hydrogens is 284 g/mol. The van der Waals surface area contributed by atoms with Crippen LogP contribution in [-0.4, -0.2) is 23.6 Å². The van der Waals surface area contributed by atoms with E-state index < -0.39 is 0 Å². The Hall–Kier alpha value is -2.18. The number of rotatable bonds is 5. The first kappa shape index (κ1) is 13.8. The van der Waals surface area contributed by atoms with E-state index in [0.29, 0.717) is 6.54 Å². The molecule has 0 radical (unpaired) electrons. The zero-order valence-electron chi connectivity index (χ0n) is 11.7. The van der Waals surface area contributed by atoms with Crippen LogP contribution in [0.2, 0.25) is 0 Å². The number of methoxy groups -OCH3 is 1. The molecule has 6 heteroatoms. The Kier molecular flexibility index (Phi) is 3.98. The van der Waals surface area contributed by atoms with E-state index in [1.54, 1.807) is 24.6 Å². The third-order valence-corrected chi connectivity index (χ3v) is 4.02. The molecule has 0 unspecified atom stereocenters. The molecule has 21 heavy (non-hydrogen) atoms. The van der Waals surface area contributed by atoms with Gasteiger partial charge >= 0.3 is 0 Å². The van der Waals surface area contributed by atoms with Crippen LogP contribution in [0.25, 0.3) is 10.2 Å². The number of ether oxygens (including phenoxy) is 1. The van der Waals surface area contributed by atoms with Crippen molar-refractivity contribution in [3.63, 3.8) is 0 Å². The quantitative estimate of drug-likeness (QED) is 0.758. The molecule has 0 aliphatic carbocycles. The van der Waals surface area contributed by atoms with Gasteiger partial charge in [0.15, 0.2) is 5.13 Å². The zero-order chi connectivity index (χ0) is 14.7. The number of thiazole rings is 1. The smallest absolute Gasteiger partial charge is 0.189 e. The second-order valence-corrected chi connectivity index (χ2v) is 5.60. The molecule has 3 N–H and O–H groups in total. The number of anilines is 2. The zero-order valence-corrected chi connectivity index (χ0v) is 12.5. The van der Waals surface area contributed by atoms with Crippen molar-refractivity contribution in [1.82, 2.24) is 9.97 Å². The number of fused-ring (bicyclic) bond motifs is 1. The lowest BCUT2D eigenvalue weighted by Gasteiger charge is -2.03. The minimum atomic E-state index is 0.629. The molecule has 3 rings (SSSR count). The maximum atomic E-state index is 5.58. The highest BCUT2D eigenvalue weighted by Crippen LogP contribution is 2.30. The fourth-order valence-corrected chi connectivity index (χ4v) is 2.96. The van der Waals surface area contributed by atoms with Crippen LogP contribution in [0.3, 0.4) is 0 Å². The molecule has 0 saturated heterocycles. The van der Waals surface area contributed by atoms with Gasteiger partial charge in [-0.25, -0.2) is 9.97 Å². The lowest BCUT2D eigenvalue weighted by molar-refractivity contribution is 0.415. The Morgan fingerprint density at radius 2 is 2.19 bits per heavy atom. The van der Waals surface area contributed by atoms with Crippen LogP contribution < -0.4 is 15.8 Å². The van der Waals surface area contributed by atoms with E-state index >= 15 is 0 Å². The average molecular weight is 300 g/mol. The van der Waals surface area contributed by atoms with Gasteiger partial charge in [0.25, 0.3) is 0 Å². The Balaban J connectivity index is 1.85. The molecule has 2 heterocycles. The number of hydrogen-bond donors (Lipinski definition) is 2. The van der Waals surface area contributed by atoms with Gasteiger partial charge in [0, 0.05) is 6.20 Å². The lowest BCUT2D eigenvalue weighted by atomic mass is 10.2. The van der Waals surface area contributed by atoms with Crippen LogP contribution in [-0.2, 0) is 6.42 Å². The first-order valence-corrected chi connectivity index (χ1v) is 7.47. The highest BCUT2D eigenvalue weighted by atomic mass is 32.1. The average Bonchev–Trinajstić information content (AvgIpc) is 2.89. The predicted molar refractivity (Wildman–Crippen MR) is 86.5 cm³/mol. The van der Waals surface area contributed by atoms with Crippen LogP contribution in [0.15, 0.2) is 36.5 Å². The van der Waals surface area contributed by atoms with Gasteiger partial charge in [-0.3, -0.25) is 0 Å². The molecule has 0 aliphatic heterocycles. The number of nitrogens with two attached hydrogens (primary N) is 1. The Labute approximate surface area is 126 Å². The van der Waals surface area contributed by atoms with Crippen LogP contribution in [0.5, 0.6) is 5.75 Å². The number of benzene rings is 1. The summed E-state index contributed by atoms with van der Waals surface area (Å²) in [5.41, 5.74) is 7.69. The van der Waals surface area contributed by atoms with Gasteiger partial charge < -0.3 is 15.8 Å². The molecule has 0 spiro atoms. The summed E-state index contributed by atoms with van der Waals surface area (Å²) in [6.07, 6.45) is 2.62. The van der Waals surface area contributed by atoms with Crippen LogP contribution >= 0.6 is 11.3 Å². The first-order chi connectivity index (χ1) is 10.3. The van der Waals surface area contributed by atoms with E-state index in [4.69, 9.17) is 10.5 Å². The van der Waals surface area contributed by atoms with Crippen molar-refractivity contribution in [2.24, 2.45) is 5.73 Å². The van der Waals surface area contributed by atoms with Crippen LogP contribution in [0, 0.1) is 0 Å². The van der Waals surface area contributed by atoms with E-state index in [9.17, 15) is 0 Å². The molecule has 5 nitrogen and oxygen atoms in total. The van der Waals surface area contributed by atoms with Gasteiger partial charge in [-0.15, -0.1) is 0 Å². The van der Waals surface area contributed by atoms with Gasteiger partial charge in [-0.05, 0) is 48.9 Å². The summed E-state index contributed by atoms with van der Waals surface area (Å²) in [6, 6.07) is 9.82. The summed E-state index contributed by atoms with van der Waals surface area (Å²) in [4.78, 5) is 8.86. The van der Waals surface area contributed by atoms with E-state index in [-0.39, 0.29) is 0 Å². The van der Waals surface area contributed by atoms with Crippen molar-refractivity contribution in [2.45, 2.75) is 6.42 Å². The van der Waals surface area contributed by atoms with Gasteiger partial charge in [-0.2, -0.15) is 0 Å². The Morgan fingerprint density at radius 1 is 1.29 bits per heavy atom. The highest BCUT2D eigenvalue weighted by Gasteiger charge is 2.06. The summed E-state index contributed by atoms with van der Waals surface area (Å²) in [5, 5.41) is 4.06. The third kappa shape index (κ3) is 3.12.